The molecule has 0 saturated carbocycles. The summed E-state index contributed by atoms with van der Waals surface area (Å²) in [6, 6.07) is 3.60. The SMILES string of the molecule is O=C(O)CCNC(=O)c1cc(Cl)ccc1OC(F)F. The Balaban J connectivity index is 2.81. The van der Waals surface area contributed by atoms with Gasteiger partial charge in [-0.2, -0.15) is 8.78 Å². The molecular weight excluding hydrogens is 284 g/mol. The van der Waals surface area contributed by atoms with Crippen molar-refractivity contribution in [2.75, 3.05) is 6.54 Å². The van der Waals surface area contributed by atoms with Crippen LogP contribution < -0.4 is 10.1 Å². The molecule has 19 heavy (non-hydrogen) atoms. The van der Waals surface area contributed by atoms with Crippen LogP contribution in [0.15, 0.2) is 18.2 Å². The first-order valence-electron chi connectivity index (χ1n) is 5.14. The highest BCUT2D eigenvalue weighted by Crippen LogP contribution is 2.24. The minimum absolute atomic E-state index is 0.130. The molecule has 1 aromatic rings. The van der Waals surface area contributed by atoms with Crippen molar-refractivity contribution in [3.8, 4) is 5.75 Å². The molecule has 0 saturated heterocycles. The van der Waals surface area contributed by atoms with E-state index in [1.54, 1.807) is 0 Å². The van der Waals surface area contributed by atoms with Crippen molar-refractivity contribution in [2.45, 2.75) is 13.0 Å². The molecule has 1 amide bonds. The lowest BCUT2D eigenvalue weighted by molar-refractivity contribution is -0.136. The molecule has 104 valence electrons. The average molecular weight is 294 g/mol. The van der Waals surface area contributed by atoms with Gasteiger partial charge in [0, 0.05) is 11.6 Å². The fraction of sp³-hybridized carbons (Fsp3) is 0.273. The number of carboxylic acid groups (broad SMARTS) is 1. The number of carbonyl (C=O) groups excluding carboxylic acids is 1. The van der Waals surface area contributed by atoms with Gasteiger partial charge in [0.15, 0.2) is 0 Å². The Kier molecular flexibility index (Phi) is 5.50. The summed E-state index contributed by atoms with van der Waals surface area (Å²) in [5.74, 6) is -2.15. The number of carbonyl (C=O) groups is 2. The van der Waals surface area contributed by atoms with Gasteiger partial charge in [0.2, 0.25) is 0 Å². The van der Waals surface area contributed by atoms with Gasteiger partial charge in [0.05, 0.1) is 12.0 Å². The fourth-order valence-corrected chi connectivity index (χ4v) is 1.43. The summed E-state index contributed by atoms with van der Waals surface area (Å²) in [5, 5.41) is 10.9. The van der Waals surface area contributed by atoms with E-state index in [0.717, 1.165) is 12.1 Å². The average Bonchev–Trinajstić information content (AvgIpc) is 2.30. The Hall–Kier alpha value is -1.89. The third-order valence-corrected chi connectivity index (χ3v) is 2.26. The Morgan fingerprint density at radius 3 is 2.68 bits per heavy atom. The van der Waals surface area contributed by atoms with Crippen LogP contribution in [-0.2, 0) is 4.79 Å². The predicted octanol–water partition coefficient (Wildman–Crippen LogP) is 2.15. The lowest BCUT2D eigenvalue weighted by Crippen LogP contribution is -2.26. The second-order valence-corrected chi connectivity index (χ2v) is 3.86. The zero-order valence-electron chi connectivity index (χ0n) is 9.53. The maximum Gasteiger partial charge on any atom is 0.387 e. The number of ether oxygens (including phenoxy) is 1. The molecule has 0 spiro atoms. The third-order valence-electron chi connectivity index (χ3n) is 2.03. The van der Waals surface area contributed by atoms with Crippen molar-refractivity contribution in [1.82, 2.24) is 5.32 Å². The number of hydrogen-bond acceptors (Lipinski definition) is 3. The number of benzene rings is 1. The van der Waals surface area contributed by atoms with Crippen LogP contribution in [0.4, 0.5) is 8.78 Å². The van der Waals surface area contributed by atoms with Gasteiger partial charge in [-0.05, 0) is 18.2 Å². The van der Waals surface area contributed by atoms with Crippen LogP contribution in [-0.4, -0.2) is 30.1 Å². The van der Waals surface area contributed by atoms with Crippen molar-refractivity contribution in [2.24, 2.45) is 0 Å². The second-order valence-electron chi connectivity index (χ2n) is 3.42. The van der Waals surface area contributed by atoms with E-state index >= 15 is 0 Å². The standard InChI is InChI=1S/C11H10ClF2NO4/c12-6-1-2-8(19-11(13)14)7(5-6)10(18)15-4-3-9(16)17/h1-2,5,11H,3-4H2,(H,15,18)(H,16,17). The highest BCUT2D eigenvalue weighted by Gasteiger charge is 2.16. The van der Waals surface area contributed by atoms with Gasteiger partial charge in [0.1, 0.15) is 5.75 Å². The van der Waals surface area contributed by atoms with E-state index < -0.39 is 18.5 Å². The first-order valence-corrected chi connectivity index (χ1v) is 5.52. The first kappa shape index (κ1) is 15.2. The van der Waals surface area contributed by atoms with E-state index in [1.807, 2.05) is 0 Å². The number of rotatable bonds is 6. The normalized spacial score (nSPS) is 10.3. The molecule has 0 heterocycles. The number of alkyl halides is 2. The zero-order valence-corrected chi connectivity index (χ0v) is 10.3. The molecule has 0 atom stereocenters. The molecule has 0 radical (unpaired) electrons. The monoisotopic (exact) mass is 293 g/mol. The highest BCUT2D eigenvalue weighted by atomic mass is 35.5. The minimum Gasteiger partial charge on any atom is -0.481 e. The number of hydrogen-bond donors (Lipinski definition) is 2. The van der Waals surface area contributed by atoms with Crippen molar-refractivity contribution < 1.29 is 28.2 Å². The molecule has 0 aromatic heterocycles. The van der Waals surface area contributed by atoms with Gasteiger partial charge in [-0.15, -0.1) is 0 Å². The van der Waals surface area contributed by atoms with E-state index in [-0.39, 0.29) is 29.3 Å². The molecule has 0 aliphatic rings. The number of halogens is 3. The Bertz CT molecular complexity index is 482. The summed E-state index contributed by atoms with van der Waals surface area (Å²) in [4.78, 5) is 22.0. The van der Waals surface area contributed by atoms with E-state index in [4.69, 9.17) is 16.7 Å². The minimum atomic E-state index is -3.08. The second kappa shape index (κ2) is 6.89. The maximum absolute atomic E-state index is 12.2. The third kappa shape index (κ3) is 5.09. The lowest BCUT2D eigenvalue weighted by Gasteiger charge is -2.11. The van der Waals surface area contributed by atoms with Crippen LogP contribution in [0.5, 0.6) is 5.75 Å². The quantitative estimate of drug-likeness (QED) is 0.842. The Labute approximate surface area is 112 Å². The molecular formula is C11H10ClF2NO4. The van der Waals surface area contributed by atoms with Crippen LogP contribution in [0.1, 0.15) is 16.8 Å². The van der Waals surface area contributed by atoms with Crippen molar-refractivity contribution in [3.05, 3.63) is 28.8 Å². The van der Waals surface area contributed by atoms with Gasteiger partial charge in [0.25, 0.3) is 5.91 Å². The van der Waals surface area contributed by atoms with Gasteiger partial charge in [-0.25, -0.2) is 0 Å². The molecule has 2 N–H and O–H groups in total. The predicted molar refractivity (Wildman–Crippen MR) is 62.7 cm³/mol. The molecule has 0 aliphatic heterocycles. The summed E-state index contributed by atoms with van der Waals surface area (Å²) in [6.45, 7) is -3.21. The van der Waals surface area contributed by atoms with Crippen LogP contribution >= 0.6 is 11.6 Å². The van der Waals surface area contributed by atoms with Crippen molar-refractivity contribution in [1.29, 1.82) is 0 Å². The van der Waals surface area contributed by atoms with Crippen LogP contribution in [0.2, 0.25) is 5.02 Å². The van der Waals surface area contributed by atoms with E-state index in [0.29, 0.717) is 0 Å². The summed E-state index contributed by atoms with van der Waals surface area (Å²) < 4.78 is 28.5. The molecule has 8 heteroatoms. The molecule has 5 nitrogen and oxygen atoms in total. The Morgan fingerprint density at radius 2 is 2.11 bits per heavy atom. The summed E-state index contributed by atoms with van der Waals surface area (Å²) in [5.41, 5.74) is -0.182. The van der Waals surface area contributed by atoms with Crippen molar-refractivity contribution in [3.63, 3.8) is 0 Å². The molecule has 0 fully saturated rings. The largest absolute Gasteiger partial charge is 0.481 e. The number of nitrogens with one attached hydrogen (secondary N) is 1. The summed E-state index contributed by atoms with van der Waals surface area (Å²) in [7, 11) is 0. The molecule has 0 bridgehead atoms. The molecule has 1 rings (SSSR count). The zero-order chi connectivity index (χ0) is 14.4. The topological polar surface area (TPSA) is 75.6 Å². The lowest BCUT2D eigenvalue weighted by atomic mass is 10.2. The molecule has 1 aromatic carbocycles. The van der Waals surface area contributed by atoms with E-state index in [1.165, 1.54) is 6.07 Å². The van der Waals surface area contributed by atoms with Crippen LogP contribution in [0.25, 0.3) is 0 Å². The van der Waals surface area contributed by atoms with E-state index in [2.05, 4.69) is 10.1 Å². The summed E-state index contributed by atoms with van der Waals surface area (Å²) in [6.07, 6.45) is -0.280. The van der Waals surface area contributed by atoms with Crippen LogP contribution in [0.3, 0.4) is 0 Å². The molecule has 0 aliphatic carbocycles. The smallest absolute Gasteiger partial charge is 0.387 e. The number of carboxylic acids is 1. The highest BCUT2D eigenvalue weighted by molar-refractivity contribution is 6.31. The number of amides is 1. The fourth-order valence-electron chi connectivity index (χ4n) is 1.26. The Morgan fingerprint density at radius 1 is 1.42 bits per heavy atom. The summed E-state index contributed by atoms with van der Waals surface area (Å²) >= 11 is 5.66. The van der Waals surface area contributed by atoms with Crippen LogP contribution in [0, 0.1) is 0 Å². The first-order chi connectivity index (χ1) is 8.90. The molecule has 0 unspecified atom stereocenters. The van der Waals surface area contributed by atoms with Gasteiger partial charge in [-0.3, -0.25) is 9.59 Å². The number of aliphatic carboxylic acids is 1. The van der Waals surface area contributed by atoms with Gasteiger partial charge < -0.3 is 15.2 Å². The maximum atomic E-state index is 12.2. The van der Waals surface area contributed by atoms with Gasteiger partial charge >= 0.3 is 12.6 Å². The van der Waals surface area contributed by atoms with Crippen molar-refractivity contribution >= 4 is 23.5 Å². The van der Waals surface area contributed by atoms with Gasteiger partial charge in [-0.1, -0.05) is 11.6 Å². The van der Waals surface area contributed by atoms with E-state index in [9.17, 15) is 18.4 Å².